The molecule has 1 unspecified atom stereocenters. The Hall–Kier alpha value is -2.93. The third kappa shape index (κ3) is 2.61. The normalized spacial score (nSPS) is 20.9. The molecule has 0 amide bonds. The van der Waals surface area contributed by atoms with Gasteiger partial charge in [-0.1, -0.05) is 44.2 Å². The first-order valence-corrected chi connectivity index (χ1v) is 8.59. The molecule has 0 saturated heterocycles. The Balaban J connectivity index is 1.98. The number of aromatic amines is 1. The smallest absolute Gasteiger partial charge is 0.258 e. The van der Waals surface area contributed by atoms with Gasteiger partial charge in [0.05, 0.1) is 5.56 Å². The molecule has 0 radical (unpaired) electrons. The maximum Gasteiger partial charge on any atom is 0.258 e. The van der Waals surface area contributed by atoms with Gasteiger partial charge in [-0.25, -0.2) is 5.84 Å². The highest BCUT2D eigenvalue weighted by Crippen LogP contribution is 2.47. The number of carbonyl (C=O) groups excluding carboxylic acids is 1. The number of benzene rings is 1. The molecular weight excluding hydrogens is 330 g/mol. The van der Waals surface area contributed by atoms with Gasteiger partial charge in [-0.05, 0) is 17.4 Å². The van der Waals surface area contributed by atoms with Crippen LogP contribution in [0, 0.1) is 5.41 Å². The predicted octanol–water partition coefficient (Wildman–Crippen LogP) is 2.26. The van der Waals surface area contributed by atoms with Gasteiger partial charge in [0.1, 0.15) is 5.82 Å². The van der Waals surface area contributed by atoms with Crippen LogP contribution in [0.25, 0.3) is 0 Å². The zero-order valence-corrected chi connectivity index (χ0v) is 14.7. The number of hydrazine groups is 1. The Bertz CT molecular complexity index is 975. The predicted molar refractivity (Wildman–Crippen MR) is 99.6 cm³/mol. The summed E-state index contributed by atoms with van der Waals surface area (Å²) >= 11 is 0. The molecule has 1 aromatic carbocycles. The van der Waals surface area contributed by atoms with Gasteiger partial charge >= 0.3 is 0 Å². The van der Waals surface area contributed by atoms with E-state index in [1.165, 1.54) is 0 Å². The van der Waals surface area contributed by atoms with E-state index < -0.39 is 5.92 Å². The van der Waals surface area contributed by atoms with Crippen LogP contribution in [0.3, 0.4) is 0 Å². The lowest BCUT2D eigenvalue weighted by Gasteiger charge is -2.38. The second-order valence-corrected chi connectivity index (χ2v) is 7.62. The third-order valence-electron chi connectivity index (χ3n) is 4.99. The Morgan fingerprint density at radius 2 is 1.92 bits per heavy atom. The van der Waals surface area contributed by atoms with Gasteiger partial charge in [-0.2, -0.15) is 4.98 Å². The molecule has 1 aliphatic carbocycles. The fraction of sp³-hybridized carbons (Fsp3) is 0.316. The highest BCUT2D eigenvalue weighted by Gasteiger charge is 2.42. The lowest BCUT2D eigenvalue weighted by Crippen LogP contribution is -2.37. The van der Waals surface area contributed by atoms with Crippen molar-refractivity contribution in [2.45, 2.75) is 32.6 Å². The molecule has 1 aromatic heterocycles. The van der Waals surface area contributed by atoms with Gasteiger partial charge in [0.2, 0.25) is 5.95 Å². The number of hydrogen-bond acceptors (Lipinski definition) is 6. The van der Waals surface area contributed by atoms with Crippen LogP contribution in [0.15, 0.2) is 46.4 Å². The van der Waals surface area contributed by atoms with Crippen LogP contribution in [0.2, 0.25) is 0 Å². The zero-order chi connectivity index (χ0) is 18.5. The lowest BCUT2D eigenvalue weighted by atomic mass is 9.69. The molecule has 26 heavy (non-hydrogen) atoms. The van der Waals surface area contributed by atoms with Gasteiger partial charge < -0.3 is 5.32 Å². The largest absolute Gasteiger partial charge is 0.343 e. The summed E-state index contributed by atoms with van der Waals surface area (Å²) in [7, 11) is 0. The summed E-state index contributed by atoms with van der Waals surface area (Å²) in [5, 5.41) is 3.23. The summed E-state index contributed by atoms with van der Waals surface area (Å²) in [4.78, 5) is 32.8. The third-order valence-corrected chi connectivity index (χ3v) is 4.99. The molecule has 5 N–H and O–H groups in total. The number of nitrogens with two attached hydrogens (primary N) is 1. The minimum Gasteiger partial charge on any atom is -0.343 e. The van der Waals surface area contributed by atoms with Crippen LogP contribution < -0.4 is 22.1 Å². The summed E-state index contributed by atoms with van der Waals surface area (Å²) in [5.74, 6) is 5.68. The molecular formula is C19H21N5O2. The van der Waals surface area contributed by atoms with E-state index in [2.05, 4.69) is 34.6 Å². The maximum atomic E-state index is 13.0. The van der Waals surface area contributed by atoms with Crippen molar-refractivity contribution in [1.29, 1.82) is 0 Å². The zero-order valence-electron chi connectivity index (χ0n) is 14.7. The number of ketones is 1. The number of nitrogen functional groups attached to an aromatic ring is 1. The average molecular weight is 351 g/mol. The van der Waals surface area contributed by atoms with E-state index in [-0.39, 0.29) is 22.7 Å². The van der Waals surface area contributed by atoms with Crippen molar-refractivity contribution in [3.63, 3.8) is 0 Å². The first-order chi connectivity index (χ1) is 12.4. The van der Waals surface area contributed by atoms with Crippen LogP contribution in [0.5, 0.6) is 0 Å². The number of H-pyrrole nitrogens is 1. The minimum absolute atomic E-state index is 0.0729. The second-order valence-electron chi connectivity index (χ2n) is 7.62. The van der Waals surface area contributed by atoms with Crippen molar-refractivity contribution in [2.75, 3.05) is 10.7 Å². The standard InChI is InChI=1S/C19H21N5O2/c1-19(2)8-11-14(12(25)9-19)13(10-6-4-3-5-7-10)15-16(21-11)22-18(24-20)23-17(15)26/h3-7,13H,8-9,20H2,1-2H3,(H3,21,22,23,24,26). The molecule has 7 heteroatoms. The number of rotatable bonds is 2. The Morgan fingerprint density at radius 3 is 2.62 bits per heavy atom. The van der Waals surface area contributed by atoms with Gasteiger partial charge in [0, 0.05) is 23.6 Å². The van der Waals surface area contributed by atoms with E-state index in [9.17, 15) is 9.59 Å². The van der Waals surface area contributed by atoms with Crippen LogP contribution in [-0.4, -0.2) is 15.8 Å². The Kier molecular flexibility index (Phi) is 3.69. The number of nitrogens with zero attached hydrogens (tertiary/aromatic N) is 1. The van der Waals surface area contributed by atoms with Crippen molar-refractivity contribution in [3.05, 3.63) is 63.1 Å². The number of anilines is 2. The van der Waals surface area contributed by atoms with Crippen molar-refractivity contribution in [2.24, 2.45) is 11.3 Å². The minimum atomic E-state index is -0.436. The first-order valence-electron chi connectivity index (χ1n) is 8.59. The molecule has 0 saturated carbocycles. The number of aromatic nitrogens is 2. The van der Waals surface area contributed by atoms with Crippen molar-refractivity contribution in [1.82, 2.24) is 9.97 Å². The molecule has 2 aromatic rings. The first kappa shape index (κ1) is 16.5. The molecule has 1 aliphatic heterocycles. The van der Waals surface area contributed by atoms with E-state index in [4.69, 9.17) is 5.84 Å². The number of allylic oxidation sites excluding steroid dienone is 2. The van der Waals surface area contributed by atoms with Crippen molar-refractivity contribution in [3.8, 4) is 0 Å². The number of hydrogen-bond donors (Lipinski definition) is 4. The molecule has 0 fully saturated rings. The summed E-state index contributed by atoms with van der Waals surface area (Å²) in [6.07, 6.45) is 1.18. The van der Waals surface area contributed by atoms with Crippen LogP contribution in [0.1, 0.15) is 43.7 Å². The monoisotopic (exact) mass is 351 g/mol. The van der Waals surface area contributed by atoms with Crippen LogP contribution in [0.4, 0.5) is 11.8 Å². The summed E-state index contributed by atoms with van der Waals surface area (Å²) in [6.45, 7) is 4.14. The quantitative estimate of drug-likeness (QED) is 0.488. The molecule has 1 atom stereocenters. The SMILES string of the molecule is CC1(C)CC(=O)C2=C(C1)Nc1nc(NN)[nH]c(=O)c1C2c1ccccc1. The fourth-order valence-electron chi connectivity index (χ4n) is 3.96. The highest BCUT2D eigenvalue weighted by molar-refractivity contribution is 6.01. The van der Waals surface area contributed by atoms with E-state index in [1.807, 2.05) is 30.3 Å². The average Bonchev–Trinajstić information content (AvgIpc) is 2.59. The highest BCUT2D eigenvalue weighted by atomic mass is 16.1. The summed E-state index contributed by atoms with van der Waals surface area (Å²) in [5.41, 5.74) is 4.78. The molecule has 0 bridgehead atoms. The van der Waals surface area contributed by atoms with Crippen LogP contribution >= 0.6 is 0 Å². The lowest BCUT2D eigenvalue weighted by molar-refractivity contribution is -0.118. The Labute approximate surface area is 150 Å². The van der Waals surface area contributed by atoms with E-state index >= 15 is 0 Å². The number of fused-ring (bicyclic) bond motifs is 1. The maximum absolute atomic E-state index is 13.0. The summed E-state index contributed by atoms with van der Waals surface area (Å²) in [6, 6.07) is 9.60. The van der Waals surface area contributed by atoms with Gasteiger partial charge in [0.25, 0.3) is 5.56 Å². The van der Waals surface area contributed by atoms with Gasteiger partial charge in [-0.15, -0.1) is 0 Å². The molecule has 7 nitrogen and oxygen atoms in total. The number of carbonyl (C=O) groups is 1. The van der Waals surface area contributed by atoms with E-state index in [1.54, 1.807) is 0 Å². The fourth-order valence-corrected chi connectivity index (χ4v) is 3.96. The number of nitrogens with one attached hydrogen (secondary N) is 3. The van der Waals surface area contributed by atoms with Gasteiger partial charge in [0.15, 0.2) is 5.78 Å². The topological polar surface area (TPSA) is 113 Å². The molecule has 4 rings (SSSR count). The Morgan fingerprint density at radius 1 is 1.19 bits per heavy atom. The molecule has 2 heterocycles. The molecule has 0 spiro atoms. The molecule has 134 valence electrons. The van der Waals surface area contributed by atoms with E-state index in [0.29, 0.717) is 23.4 Å². The molecule has 2 aliphatic rings. The number of Topliss-reactive ketones (excluding diaryl/α,β-unsaturated/α-hetero) is 1. The van der Waals surface area contributed by atoms with E-state index in [0.717, 1.165) is 17.7 Å². The van der Waals surface area contributed by atoms with Crippen molar-refractivity contribution < 1.29 is 4.79 Å². The second kappa shape index (κ2) is 5.81. The summed E-state index contributed by atoms with van der Waals surface area (Å²) < 4.78 is 0. The van der Waals surface area contributed by atoms with Crippen molar-refractivity contribution >= 4 is 17.5 Å². The van der Waals surface area contributed by atoms with Crippen LogP contribution in [-0.2, 0) is 4.79 Å². The van der Waals surface area contributed by atoms with Gasteiger partial charge in [-0.3, -0.25) is 20.0 Å².